The van der Waals surface area contributed by atoms with Gasteiger partial charge in [-0.25, -0.2) is 4.79 Å². The van der Waals surface area contributed by atoms with Crippen LogP contribution in [-0.4, -0.2) is 21.7 Å². The average Bonchev–Trinajstić information content (AvgIpc) is 2.91. The highest BCUT2D eigenvalue weighted by Gasteiger charge is 2.20. The maximum Gasteiger partial charge on any atom is 0.352 e. The van der Waals surface area contributed by atoms with E-state index in [4.69, 9.17) is 0 Å². The second kappa shape index (κ2) is 7.53. The number of aryl methyl sites for hydroxylation is 2. The highest BCUT2D eigenvalue weighted by Crippen LogP contribution is 2.25. The van der Waals surface area contributed by atoms with Gasteiger partial charge in [-0.15, -0.1) is 0 Å². The molecule has 25 heavy (non-hydrogen) atoms. The summed E-state index contributed by atoms with van der Waals surface area (Å²) in [7, 11) is 1.81. The summed E-state index contributed by atoms with van der Waals surface area (Å²) in [5.41, 5.74) is 3.50. The van der Waals surface area contributed by atoms with Crippen LogP contribution < -0.4 is 5.32 Å². The molecule has 0 fully saturated rings. The van der Waals surface area contributed by atoms with Crippen LogP contribution in [-0.2, 0) is 20.0 Å². The molecule has 1 heterocycles. The second-order valence-corrected chi connectivity index (χ2v) is 6.51. The normalized spacial score (nSPS) is 12.4. The Morgan fingerprint density at radius 2 is 1.80 bits per heavy atom. The molecule has 0 aliphatic rings. The Bertz CT molecular complexity index is 868. The van der Waals surface area contributed by atoms with Crippen LogP contribution in [0.25, 0.3) is 10.9 Å². The molecule has 0 radical (unpaired) electrons. The number of aromatic carboxylic acids is 1. The molecule has 1 atom stereocenters. The van der Waals surface area contributed by atoms with E-state index in [1.807, 2.05) is 37.4 Å². The number of rotatable bonds is 7. The summed E-state index contributed by atoms with van der Waals surface area (Å²) in [6.07, 6.45) is 2.02. The first-order valence-corrected chi connectivity index (χ1v) is 8.65. The minimum Gasteiger partial charge on any atom is -0.477 e. The SMILES string of the molecule is C[C@H](CCc1ccccc1)NCc1c(C(=O)O)n(C)c2ccccc12. The number of fused-ring (bicyclic) bond motifs is 1. The minimum atomic E-state index is -0.882. The van der Waals surface area contributed by atoms with Gasteiger partial charge in [-0.3, -0.25) is 0 Å². The van der Waals surface area contributed by atoms with E-state index in [0.717, 1.165) is 29.3 Å². The molecular formula is C21H24N2O2. The Morgan fingerprint density at radius 3 is 2.52 bits per heavy atom. The van der Waals surface area contributed by atoms with Gasteiger partial charge in [0.15, 0.2) is 0 Å². The third-order valence-corrected chi connectivity index (χ3v) is 4.75. The first-order chi connectivity index (χ1) is 12.1. The van der Waals surface area contributed by atoms with E-state index in [1.54, 1.807) is 4.57 Å². The predicted octanol–water partition coefficient (Wildman–Crippen LogP) is 3.99. The zero-order valence-corrected chi connectivity index (χ0v) is 14.7. The quantitative estimate of drug-likeness (QED) is 0.686. The van der Waals surface area contributed by atoms with E-state index >= 15 is 0 Å². The van der Waals surface area contributed by atoms with E-state index in [-0.39, 0.29) is 0 Å². The third-order valence-electron chi connectivity index (χ3n) is 4.75. The van der Waals surface area contributed by atoms with Crippen LogP contribution in [0.4, 0.5) is 0 Å². The first-order valence-electron chi connectivity index (χ1n) is 8.65. The molecule has 0 aliphatic carbocycles. The van der Waals surface area contributed by atoms with Crippen LogP contribution in [0.5, 0.6) is 0 Å². The predicted molar refractivity (Wildman–Crippen MR) is 101 cm³/mol. The van der Waals surface area contributed by atoms with Crippen molar-refractivity contribution in [1.29, 1.82) is 0 Å². The molecule has 3 rings (SSSR count). The Kier molecular flexibility index (Phi) is 5.19. The highest BCUT2D eigenvalue weighted by molar-refractivity contribution is 5.98. The Balaban J connectivity index is 1.72. The van der Waals surface area contributed by atoms with Gasteiger partial charge in [0.05, 0.1) is 0 Å². The molecule has 4 nitrogen and oxygen atoms in total. The van der Waals surface area contributed by atoms with Crippen LogP contribution >= 0.6 is 0 Å². The van der Waals surface area contributed by atoms with E-state index in [0.29, 0.717) is 18.3 Å². The average molecular weight is 336 g/mol. The number of carbonyl (C=O) groups is 1. The lowest BCUT2D eigenvalue weighted by Crippen LogP contribution is -2.27. The van der Waals surface area contributed by atoms with E-state index in [9.17, 15) is 9.90 Å². The lowest BCUT2D eigenvalue weighted by Gasteiger charge is -2.14. The fourth-order valence-electron chi connectivity index (χ4n) is 3.33. The number of aromatic nitrogens is 1. The molecule has 1 aromatic heterocycles. The zero-order chi connectivity index (χ0) is 17.8. The molecule has 2 aromatic carbocycles. The van der Waals surface area contributed by atoms with Crippen LogP contribution in [0.1, 0.15) is 35.0 Å². The molecule has 3 aromatic rings. The molecule has 130 valence electrons. The number of carboxylic acids is 1. The lowest BCUT2D eigenvalue weighted by atomic mass is 10.1. The van der Waals surface area contributed by atoms with Gasteiger partial charge in [0.25, 0.3) is 0 Å². The molecule has 0 aliphatic heterocycles. The number of carboxylic acid groups (broad SMARTS) is 1. The third kappa shape index (κ3) is 3.74. The summed E-state index contributed by atoms with van der Waals surface area (Å²) in [6, 6.07) is 18.6. The monoisotopic (exact) mass is 336 g/mol. The number of hydrogen-bond acceptors (Lipinski definition) is 2. The molecule has 0 unspecified atom stereocenters. The number of nitrogens with zero attached hydrogens (tertiary/aromatic N) is 1. The maximum atomic E-state index is 11.7. The van der Waals surface area contributed by atoms with Crippen molar-refractivity contribution in [2.45, 2.75) is 32.4 Å². The van der Waals surface area contributed by atoms with Gasteiger partial charge in [-0.05, 0) is 31.4 Å². The number of nitrogens with one attached hydrogen (secondary N) is 1. The molecular weight excluding hydrogens is 312 g/mol. The largest absolute Gasteiger partial charge is 0.477 e. The Hall–Kier alpha value is -2.59. The van der Waals surface area contributed by atoms with Crippen LogP contribution in [0.3, 0.4) is 0 Å². The van der Waals surface area contributed by atoms with Gasteiger partial charge >= 0.3 is 5.97 Å². The van der Waals surface area contributed by atoms with Crippen molar-refractivity contribution in [2.75, 3.05) is 0 Å². The summed E-state index contributed by atoms with van der Waals surface area (Å²) in [5.74, 6) is -0.882. The molecule has 0 amide bonds. The smallest absolute Gasteiger partial charge is 0.352 e. The van der Waals surface area contributed by atoms with Crippen molar-refractivity contribution < 1.29 is 9.90 Å². The molecule has 0 bridgehead atoms. The van der Waals surface area contributed by atoms with Crippen molar-refractivity contribution in [3.63, 3.8) is 0 Å². The molecule has 0 saturated heterocycles. The minimum absolute atomic E-state index is 0.306. The lowest BCUT2D eigenvalue weighted by molar-refractivity contribution is 0.0685. The topological polar surface area (TPSA) is 54.3 Å². The molecule has 0 spiro atoms. The van der Waals surface area contributed by atoms with Crippen molar-refractivity contribution in [3.05, 3.63) is 71.4 Å². The van der Waals surface area contributed by atoms with Crippen LogP contribution in [0.2, 0.25) is 0 Å². The van der Waals surface area contributed by atoms with Gasteiger partial charge in [0, 0.05) is 36.1 Å². The van der Waals surface area contributed by atoms with E-state index in [1.165, 1.54) is 5.56 Å². The standard InChI is InChI=1S/C21H24N2O2/c1-15(12-13-16-8-4-3-5-9-16)22-14-18-17-10-6-7-11-19(17)23(2)20(18)21(24)25/h3-11,15,22H,12-14H2,1-2H3,(H,24,25)/t15-/m1/s1. The number of benzene rings is 2. The summed E-state index contributed by atoms with van der Waals surface area (Å²) in [5, 5.41) is 14.1. The van der Waals surface area contributed by atoms with Gasteiger partial charge < -0.3 is 15.0 Å². The summed E-state index contributed by atoms with van der Waals surface area (Å²) >= 11 is 0. The zero-order valence-electron chi connectivity index (χ0n) is 14.7. The van der Waals surface area contributed by atoms with E-state index in [2.05, 4.69) is 36.5 Å². The van der Waals surface area contributed by atoms with Crippen LogP contribution in [0, 0.1) is 0 Å². The highest BCUT2D eigenvalue weighted by atomic mass is 16.4. The number of hydrogen-bond donors (Lipinski definition) is 2. The Morgan fingerprint density at radius 1 is 1.12 bits per heavy atom. The molecule has 0 saturated carbocycles. The fourth-order valence-corrected chi connectivity index (χ4v) is 3.33. The molecule has 2 N–H and O–H groups in total. The number of para-hydroxylation sites is 1. The summed E-state index contributed by atoms with van der Waals surface area (Å²) < 4.78 is 1.77. The second-order valence-electron chi connectivity index (χ2n) is 6.51. The van der Waals surface area contributed by atoms with Crippen molar-refractivity contribution in [1.82, 2.24) is 9.88 Å². The van der Waals surface area contributed by atoms with Gasteiger partial charge in [-0.2, -0.15) is 0 Å². The van der Waals surface area contributed by atoms with E-state index < -0.39 is 5.97 Å². The van der Waals surface area contributed by atoms with Crippen molar-refractivity contribution in [3.8, 4) is 0 Å². The van der Waals surface area contributed by atoms with Gasteiger partial charge in [-0.1, -0.05) is 48.5 Å². The first kappa shape index (κ1) is 17.2. The van der Waals surface area contributed by atoms with Crippen molar-refractivity contribution in [2.24, 2.45) is 7.05 Å². The van der Waals surface area contributed by atoms with Gasteiger partial charge in [0.2, 0.25) is 0 Å². The summed E-state index contributed by atoms with van der Waals surface area (Å²) in [4.78, 5) is 11.7. The maximum absolute atomic E-state index is 11.7. The molecule has 4 heteroatoms. The summed E-state index contributed by atoms with van der Waals surface area (Å²) in [6.45, 7) is 2.70. The van der Waals surface area contributed by atoms with Crippen LogP contribution in [0.15, 0.2) is 54.6 Å². The Labute approximate surface area is 148 Å². The fraction of sp³-hybridized carbons (Fsp3) is 0.286. The van der Waals surface area contributed by atoms with Crippen molar-refractivity contribution >= 4 is 16.9 Å². The van der Waals surface area contributed by atoms with Gasteiger partial charge in [0.1, 0.15) is 5.69 Å².